The number of benzene rings is 2. The van der Waals surface area contributed by atoms with Gasteiger partial charge in [-0.25, -0.2) is 4.98 Å². The summed E-state index contributed by atoms with van der Waals surface area (Å²) in [7, 11) is 1.73. The third-order valence-corrected chi connectivity index (χ3v) is 4.94. The molecular formula is C22H22N2O. The smallest absolute Gasteiger partial charge is 0.119 e. The zero-order valence-corrected chi connectivity index (χ0v) is 14.5. The van der Waals surface area contributed by atoms with E-state index in [9.17, 15) is 0 Å². The molecule has 1 N–H and O–H groups in total. The van der Waals surface area contributed by atoms with Crippen molar-refractivity contribution in [3.8, 4) is 5.75 Å². The summed E-state index contributed by atoms with van der Waals surface area (Å²) < 4.78 is 5.42. The largest absolute Gasteiger partial charge is 0.497 e. The van der Waals surface area contributed by atoms with Crippen LogP contribution in [0.3, 0.4) is 0 Å². The molecule has 1 aromatic heterocycles. The quantitative estimate of drug-likeness (QED) is 0.742. The number of hydrogen-bond acceptors (Lipinski definition) is 2. The van der Waals surface area contributed by atoms with Crippen LogP contribution < -0.4 is 4.74 Å². The lowest BCUT2D eigenvalue weighted by molar-refractivity contribution is 0.414. The lowest BCUT2D eigenvalue weighted by Crippen LogP contribution is -2.09. The Hall–Kier alpha value is -2.81. The molecule has 0 saturated heterocycles. The standard InChI is InChI=1S/C22H22N2O/c1-25-20-9-10-21-18(13-20)8-7-17(12-19-14-23-15-24-19)22(21)11-16-5-3-2-4-6-16/h2-6,9-10,13-15H,7-8,11-12H2,1H3,(H,23,24). The number of rotatable bonds is 5. The van der Waals surface area contributed by atoms with E-state index < -0.39 is 0 Å². The van der Waals surface area contributed by atoms with Gasteiger partial charge in [0.2, 0.25) is 0 Å². The van der Waals surface area contributed by atoms with Gasteiger partial charge in [-0.2, -0.15) is 0 Å². The number of nitrogens with zero attached hydrogens (tertiary/aromatic N) is 1. The summed E-state index contributed by atoms with van der Waals surface area (Å²) in [6.07, 6.45) is 7.73. The highest BCUT2D eigenvalue weighted by Gasteiger charge is 2.20. The minimum absolute atomic E-state index is 0.938. The van der Waals surface area contributed by atoms with Crippen LogP contribution in [-0.2, 0) is 19.3 Å². The first kappa shape index (κ1) is 15.7. The molecular weight excluding hydrogens is 308 g/mol. The Kier molecular flexibility index (Phi) is 4.38. The third-order valence-electron chi connectivity index (χ3n) is 4.94. The van der Waals surface area contributed by atoms with Gasteiger partial charge in [-0.15, -0.1) is 0 Å². The van der Waals surface area contributed by atoms with E-state index in [1.807, 2.05) is 6.20 Å². The molecule has 0 aliphatic heterocycles. The zero-order valence-electron chi connectivity index (χ0n) is 14.5. The molecule has 0 unspecified atom stereocenters. The number of allylic oxidation sites excluding steroid dienone is 2. The van der Waals surface area contributed by atoms with Gasteiger partial charge in [0, 0.05) is 18.3 Å². The van der Waals surface area contributed by atoms with Crippen LogP contribution in [0.25, 0.3) is 5.57 Å². The van der Waals surface area contributed by atoms with E-state index in [4.69, 9.17) is 4.74 Å². The Morgan fingerprint density at radius 1 is 1.04 bits per heavy atom. The maximum atomic E-state index is 5.42. The zero-order chi connectivity index (χ0) is 17.1. The topological polar surface area (TPSA) is 37.9 Å². The molecule has 1 aliphatic carbocycles. The molecule has 0 atom stereocenters. The molecule has 1 aliphatic rings. The van der Waals surface area contributed by atoms with Crippen LogP contribution in [0, 0.1) is 0 Å². The Balaban J connectivity index is 1.76. The second-order valence-electron chi connectivity index (χ2n) is 6.52. The van der Waals surface area contributed by atoms with Crippen molar-refractivity contribution in [2.24, 2.45) is 0 Å². The number of methoxy groups -OCH3 is 1. The van der Waals surface area contributed by atoms with Crippen LogP contribution in [0.2, 0.25) is 0 Å². The van der Waals surface area contributed by atoms with Crippen LogP contribution in [0.5, 0.6) is 5.75 Å². The highest BCUT2D eigenvalue weighted by Crippen LogP contribution is 2.36. The molecule has 0 fully saturated rings. The van der Waals surface area contributed by atoms with Gasteiger partial charge in [-0.05, 0) is 53.7 Å². The molecule has 25 heavy (non-hydrogen) atoms. The van der Waals surface area contributed by atoms with Gasteiger partial charge >= 0.3 is 0 Å². The monoisotopic (exact) mass is 330 g/mol. The van der Waals surface area contributed by atoms with Crippen molar-refractivity contribution >= 4 is 5.57 Å². The van der Waals surface area contributed by atoms with Gasteiger partial charge in [-0.1, -0.05) is 42.0 Å². The van der Waals surface area contributed by atoms with E-state index in [-0.39, 0.29) is 0 Å². The lowest BCUT2D eigenvalue weighted by atomic mass is 9.81. The van der Waals surface area contributed by atoms with E-state index in [1.165, 1.54) is 33.5 Å². The number of H-pyrrole nitrogens is 1. The molecule has 3 heteroatoms. The third kappa shape index (κ3) is 3.36. The van der Waals surface area contributed by atoms with Gasteiger partial charge in [-0.3, -0.25) is 0 Å². The van der Waals surface area contributed by atoms with E-state index in [0.717, 1.165) is 31.4 Å². The normalized spacial score (nSPS) is 13.6. The molecule has 0 saturated carbocycles. The van der Waals surface area contributed by atoms with Crippen molar-refractivity contribution in [2.45, 2.75) is 25.7 Å². The second-order valence-corrected chi connectivity index (χ2v) is 6.52. The second kappa shape index (κ2) is 6.98. The van der Waals surface area contributed by atoms with E-state index >= 15 is 0 Å². The average Bonchev–Trinajstić information content (AvgIpc) is 3.17. The summed E-state index contributed by atoms with van der Waals surface area (Å²) in [6.45, 7) is 0. The molecule has 2 aromatic carbocycles. The van der Waals surface area contributed by atoms with Crippen LogP contribution in [-0.4, -0.2) is 17.1 Å². The van der Waals surface area contributed by atoms with Crippen molar-refractivity contribution in [1.82, 2.24) is 9.97 Å². The van der Waals surface area contributed by atoms with Crippen molar-refractivity contribution in [3.63, 3.8) is 0 Å². The van der Waals surface area contributed by atoms with Gasteiger partial charge in [0.25, 0.3) is 0 Å². The molecule has 0 bridgehead atoms. The molecule has 0 radical (unpaired) electrons. The van der Waals surface area contributed by atoms with E-state index in [2.05, 4.69) is 58.5 Å². The molecule has 4 rings (SSSR count). The maximum Gasteiger partial charge on any atom is 0.119 e. The van der Waals surface area contributed by atoms with Crippen molar-refractivity contribution in [1.29, 1.82) is 0 Å². The van der Waals surface area contributed by atoms with E-state index in [1.54, 1.807) is 13.4 Å². The van der Waals surface area contributed by atoms with Gasteiger partial charge in [0.1, 0.15) is 5.75 Å². The maximum absolute atomic E-state index is 5.42. The molecule has 3 aromatic rings. The van der Waals surface area contributed by atoms with Crippen LogP contribution in [0.1, 0.15) is 28.8 Å². The first-order valence-electron chi connectivity index (χ1n) is 8.73. The Morgan fingerprint density at radius 2 is 1.92 bits per heavy atom. The minimum atomic E-state index is 0.938. The first-order chi connectivity index (χ1) is 12.3. The summed E-state index contributed by atoms with van der Waals surface area (Å²) in [5.41, 5.74) is 8.24. The van der Waals surface area contributed by atoms with E-state index in [0.29, 0.717) is 0 Å². The summed E-state index contributed by atoms with van der Waals surface area (Å²) in [5.74, 6) is 0.940. The number of imidazole rings is 1. The summed E-state index contributed by atoms with van der Waals surface area (Å²) >= 11 is 0. The number of fused-ring (bicyclic) bond motifs is 1. The number of ether oxygens (including phenoxy) is 1. The van der Waals surface area contributed by atoms with Crippen molar-refractivity contribution < 1.29 is 4.74 Å². The number of aromatic nitrogens is 2. The molecule has 3 nitrogen and oxygen atoms in total. The molecule has 0 amide bonds. The van der Waals surface area contributed by atoms with Gasteiger partial charge in [0.15, 0.2) is 0 Å². The fraction of sp³-hybridized carbons (Fsp3) is 0.227. The first-order valence-corrected chi connectivity index (χ1v) is 8.73. The van der Waals surface area contributed by atoms with Crippen LogP contribution in [0.4, 0.5) is 0 Å². The number of hydrogen-bond donors (Lipinski definition) is 1. The Bertz CT molecular complexity index is 880. The van der Waals surface area contributed by atoms with Gasteiger partial charge in [0.05, 0.1) is 13.4 Å². The molecule has 1 heterocycles. The fourth-order valence-electron chi connectivity index (χ4n) is 3.65. The number of aromatic amines is 1. The van der Waals surface area contributed by atoms with Crippen LogP contribution >= 0.6 is 0 Å². The minimum Gasteiger partial charge on any atom is -0.497 e. The summed E-state index contributed by atoms with van der Waals surface area (Å²) in [6, 6.07) is 17.2. The average molecular weight is 330 g/mol. The Morgan fingerprint density at radius 3 is 2.68 bits per heavy atom. The van der Waals surface area contributed by atoms with Crippen molar-refractivity contribution in [2.75, 3.05) is 7.11 Å². The van der Waals surface area contributed by atoms with Gasteiger partial charge < -0.3 is 9.72 Å². The highest BCUT2D eigenvalue weighted by molar-refractivity contribution is 5.75. The highest BCUT2D eigenvalue weighted by atomic mass is 16.5. The van der Waals surface area contributed by atoms with Crippen molar-refractivity contribution in [3.05, 3.63) is 89.0 Å². The predicted molar refractivity (Wildman–Crippen MR) is 101 cm³/mol. The summed E-state index contributed by atoms with van der Waals surface area (Å²) in [4.78, 5) is 7.41. The fourth-order valence-corrected chi connectivity index (χ4v) is 3.65. The number of aryl methyl sites for hydroxylation is 1. The Labute approximate surface area is 148 Å². The predicted octanol–water partition coefficient (Wildman–Crippen LogP) is 4.60. The van der Waals surface area contributed by atoms with Crippen LogP contribution in [0.15, 0.2) is 66.6 Å². The summed E-state index contributed by atoms with van der Waals surface area (Å²) in [5, 5.41) is 0. The SMILES string of the molecule is COc1ccc2c(c1)CCC(Cc1cnc[nH]1)=C2Cc1ccccc1. The molecule has 0 spiro atoms. The lowest BCUT2D eigenvalue weighted by Gasteiger charge is -2.24. The number of nitrogens with one attached hydrogen (secondary N) is 1. The molecule has 126 valence electrons.